The quantitative estimate of drug-likeness (QED) is 0.834. The standard InChI is InChI=1S/C15H22N6O2/c1-5-20-9-12(14(19-20)15(23)16-4)17-13(22)6-7-21-11(3)8-10(2)18-21/h8-9H,5-7H2,1-4H3,(H,16,23)(H,17,22). The Balaban J connectivity index is 2.03. The topological polar surface area (TPSA) is 93.8 Å². The Labute approximate surface area is 134 Å². The van der Waals surface area contributed by atoms with E-state index in [0.717, 1.165) is 11.4 Å². The smallest absolute Gasteiger partial charge is 0.273 e. The van der Waals surface area contributed by atoms with Crippen molar-refractivity contribution in [3.63, 3.8) is 0 Å². The molecule has 0 unspecified atom stereocenters. The van der Waals surface area contributed by atoms with Crippen molar-refractivity contribution in [1.82, 2.24) is 24.9 Å². The van der Waals surface area contributed by atoms with Crippen LogP contribution >= 0.6 is 0 Å². The molecule has 0 saturated carbocycles. The third-order valence-electron chi connectivity index (χ3n) is 3.46. The molecule has 2 aromatic rings. The Kier molecular flexibility index (Phi) is 5.15. The molecule has 0 fully saturated rings. The van der Waals surface area contributed by atoms with Gasteiger partial charge in [0.1, 0.15) is 0 Å². The van der Waals surface area contributed by atoms with Crippen molar-refractivity contribution in [1.29, 1.82) is 0 Å². The van der Waals surface area contributed by atoms with E-state index in [9.17, 15) is 9.59 Å². The van der Waals surface area contributed by atoms with Crippen LogP contribution in [0.15, 0.2) is 12.3 Å². The van der Waals surface area contributed by atoms with Crippen molar-refractivity contribution in [2.45, 2.75) is 40.3 Å². The van der Waals surface area contributed by atoms with Gasteiger partial charge in [0.05, 0.1) is 11.4 Å². The summed E-state index contributed by atoms with van der Waals surface area (Å²) in [6.07, 6.45) is 1.93. The molecule has 0 aliphatic heterocycles. The second kappa shape index (κ2) is 7.08. The minimum atomic E-state index is -0.328. The number of nitrogens with one attached hydrogen (secondary N) is 2. The molecule has 2 N–H and O–H groups in total. The molecule has 0 saturated heterocycles. The highest BCUT2D eigenvalue weighted by Gasteiger charge is 2.17. The first kappa shape index (κ1) is 16.7. The number of anilines is 1. The van der Waals surface area contributed by atoms with E-state index in [1.54, 1.807) is 15.6 Å². The first-order valence-electron chi connectivity index (χ1n) is 7.55. The molecule has 124 valence electrons. The molecular weight excluding hydrogens is 296 g/mol. The Hall–Kier alpha value is -2.64. The highest BCUT2D eigenvalue weighted by Crippen LogP contribution is 2.14. The molecule has 0 atom stereocenters. The summed E-state index contributed by atoms with van der Waals surface area (Å²) in [7, 11) is 1.53. The van der Waals surface area contributed by atoms with E-state index < -0.39 is 0 Å². The first-order chi connectivity index (χ1) is 10.9. The molecule has 0 aromatic carbocycles. The Bertz CT molecular complexity index is 716. The van der Waals surface area contributed by atoms with E-state index in [1.807, 2.05) is 26.8 Å². The number of hydrogen-bond acceptors (Lipinski definition) is 4. The number of carbonyl (C=O) groups excluding carboxylic acids is 2. The van der Waals surface area contributed by atoms with Gasteiger partial charge in [-0.3, -0.25) is 19.0 Å². The van der Waals surface area contributed by atoms with Crippen molar-refractivity contribution in [2.75, 3.05) is 12.4 Å². The van der Waals surface area contributed by atoms with Crippen LogP contribution < -0.4 is 10.6 Å². The molecule has 2 rings (SSSR count). The minimum absolute atomic E-state index is 0.182. The lowest BCUT2D eigenvalue weighted by molar-refractivity contribution is -0.116. The number of hydrogen-bond donors (Lipinski definition) is 2. The van der Waals surface area contributed by atoms with Gasteiger partial charge >= 0.3 is 0 Å². The maximum Gasteiger partial charge on any atom is 0.273 e. The predicted molar refractivity (Wildman–Crippen MR) is 86.2 cm³/mol. The molecule has 8 nitrogen and oxygen atoms in total. The summed E-state index contributed by atoms with van der Waals surface area (Å²) < 4.78 is 3.41. The van der Waals surface area contributed by atoms with Gasteiger partial charge in [0.15, 0.2) is 5.69 Å². The van der Waals surface area contributed by atoms with Crippen LogP contribution in [-0.4, -0.2) is 38.4 Å². The summed E-state index contributed by atoms with van der Waals surface area (Å²) in [5, 5.41) is 13.8. The molecule has 0 aliphatic rings. The van der Waals surface area contributed by atoms with E-state index in [0.29, 0.717) is 18.8 Å². The highest BCUT2D eigenvalue weighted by molar-refractivity contribution is 6.02. The lowest BCUT2D eigenvalue weighted by atomic mass is 10.3. The van der Waals surface area contributed by atoms with E-state index in [-0.39, 0.29) is 23.9 Å². The summed E-state index contributed by atoms with van der Waals surface area (Å²) in [6, 6.07) is 1.97. The molecular formula is C15H22N6O2. The Morgan fingerprint density at radius 3 is 2.57 bits per heavy atom. The van der Waals surface area contributed by atoms with Crippen LogP contribution in [0, 0.1) is 13.8 Å². The summed E-state index contributed by atoms with van der Waals surface area (Å²) in [4.78, 5) is 24.0. The van der Waals surface area contributed by atoms with Crippen LogP contribution in [0.5, 0.6) is 0 Å². The summed E-state index contributed by atoms with van der Waals surface area (Å²) in [6.45, 7) is 6.88. The van der Waals surface area contributed by atoms with Gasteiger partial charge in [-0.1, -0.05) is 0 Å². The fourth-order valence-corrected chi connectivity index (χ4v) is 2.28. The second-order valence-corrected chi connectivity index (χ2v) is 5.27. The Morgan fingerprint density at radius 1 is 1.26 bits per heavy atom. The van der Waals surface area contributed by atoms with Crippen LogP contribution in [0.25, 0.3) is 0 Å². The average Bonchev–Trinajstić information content (AvgIpc) is 3.07. The largest absolute Gasteiger partial charge is 0.354 e. The molecule has 8 heteroatoms. The average molecular weight is 318 g/mol. The number of aryl methyl sites for hydroxylation is 4. The van der Waals surface area contributed by atoms with E-state index in [2.05, 4.69) is 20.8 Å². The van der Waals surface area contributed by atoms with Crippen LogP contribution in [0.2, 0.25) is 0 Å². The van der Waals surface area contributed by atoms with Crippen molar-refractivity contribution >= 4 is 17.5 Å². The normalized spacial score (nSPS) is 10.6. The number of aromatic nitrogens is 4. The molecule has 0 spiro atoms. The van der Waals surface area contributed by atoms with Gasteiger partial charge in [-0.25, -0.2) is 0 Å². The zero-order valence-electron chi connectivity index (χ0n) is 13.9. The van der Waals surface area contributed by atoms with E-state index in [1.165, 1.54) is 7.05 Å². The lowest BCUT2D eigenvalue weighted by Gasteiger charge is -2.06. The third-order valence-corrected chi connectivity index (χ3v) is 3.46. The number of nitrogens with zero attached hydrogens (tertiary/aromatic N) is 4. The second-order valence-electron chi connectivity index (χ2n) is 5.27. The SMILES string of the molecule is CCn1cc(NC(=O)CCn2nc(C)cc2C)c(C(=O)NC)n1. The third kappa shape index (κ3) is 3.97. The maximum absolute atomic E-state index is 12.1. The number of amides is 2. The molecule has 0 aliphatic carbocycles. The van der Waals surface area contributed by atoms with Gasteiger partial charge in [-0.2, -0.15) is 10.2 Å². The van der Waals surface area contributed by atoms with Crippen LogP contribution in [0.3, 0.4) is 0 Å². The summed E-state index contributed by atoms with van der Waals surface area (Å²) in [5.74, 6) is -0.510. The van der Waals surface area contributed by atoms with Crippen molar-refractivity contribution in [2.24, 2.45) is 0 Å². The zero-order valence-corrected chi connectivity index (χ0v) is 13.9. The lowest BCUT2D eigenvalue weighted by Crippen LogP contribution is -2.22. The van der Waals surface area contributed by atoms with E-state index >= 15 is 0 Å². The summed E-state index contributed by atoms with van der Waals surface area (Å²) in [5.41, 5.74) is 2.58. The fraction of sp³-hybridized carbons (Fsp3) is 0.467. The number of rotatable bonds is 6. The van der Waals surface area contributed by atoms with E-state index in [4.69, 9.17) is 0 Å². The van der Waals surface area contributed by atoms with Gasteiger partial charge in [0, 0.05) is 38.4 Å². The monoisotopic (exact) mass is 318 g/mol. The van der Waals surface area contributed by atoms with Crippen LogP contribution in [0.1, 0.15) is 35.2 Å². The van der Waals surface area contributed by atoms with Gasteiger partial charge < -0.3 is 10.6 Å². The first-order valence-corrected chi connectivity index (χ1v) is 7.55. The van der Waals surface area contributed by atoms with Crippen molar-refractivity contribution in [3.05, 3.63) is 29.3 Å². The number of carbonyl (C=O) groups is 2. The predicted octanol–water partition coefficient (Wildman–Crippen LogP) is 1.10. The molecule has 23 heavy (non-hydrogen) atoms. The van der Waals surface area contributed by atoms with Crippen LogP contribution in [0.4, 0.5) is 5.69 Å². The molecule has 2 aromatic heterocycles. The van der Waals surface area contributed by atoms with Crippen molar-refractivity contribution in [3.8, 4) is 0 Å². The Morgan fingerprint density at radius 2 is 2.00 bits per heavy atom. The van der Waals surface area contributed by atoms with Gasteiger partial charge in [-0.15, -0.1) is 0 Å². The van der Waals surface area contributed by atoms with Crippen LogP contribution in [-0.2, 0) is 17.9 Å². The molecule has 0 bridgehead atoms. The van der Waals surface area contributed by atoms with Crippen molar-refractivity contribution < 1.29 is 9.59 Å². The van der Waals surface area contributed by atoms with Gasteiger partial charge in [-0.05, 0) is 26.8 Å². The minimum Gasteiger partial charge on any atom is -0.354 e. The zero-order chi connectivity index (χ0) is 17.0. The molecule has 2 amide bonds. The summed E-state index contributed by atoms with van der Waals surface area (Å²) >= 11 is 0. The highest BCUT2D eigenvalue weighted by atomic mass is 16.2. The molecule has 0 radical (unpaired) electrons. The molecule has 2 heterocycles. The maximum atomic E-state index is 12.1. The van der Waals surface area contributed by atoms with Gasteiger partial charge in [0.25, 0.3) is 5.91 Å². The van der Waals surface area contributed by atoms with Gasteiger partial charge in [0.2, 0.25) is 5.91 Å². The fourth-order valence-electron chi connectivity index (χ4n) is 2.28.